The maximum absolute atomic E-state index is 11.3. The smallest absolute Gasteiger partial charge is 0.0955 e. The summed E-state index contributed by atoms with van der Waals surface area (Å²) in [6, 6.07) is 6.31. The van der Waals surface area contributed by atoms with Gasteiger partial charge in [0.2, 0.25) is 0 Å². The molecule has 1 fully saturated rings. The molecule has 1 aromatic heterocycles. The fourth-order valence-electron chi connectivity index (χ4n) is 3.10. The van der Waals surface area contributed by atoms with E-state index in [4.69, 9.17) is 0 Å². The minimum absolute atomic E-state index is 0.529. The number of rotatable bonds is 5. The molecular formula is C15H20N3O2S-. The summed E-state index contributed by atoms with van der Waals surface area (Å²) in [6.07, 6.45) is 5.45. The van der Waals surface area contributed by atoms with Gasteiger partial charge in [-0.25, -0.2) is 0 Å². The van der Waals surface area contributed by atoms with Crippen LogP contribution in [-0.2, 0) is 17.5 Å². The van der Waals surface area contributed by atoms with Crippen molar-refractivity contribution in [2.45, 2.75) is 30.7 Å². The molecule has 3 N–H and O–H groups in total. The molecule has 1 aliphatic heterocycles. The van der Waals surface area contributed by atoms with E-state index in [1.807, 2.05) is 24.4 Å². The van der Waals surface area contributed by atoms with Crippen LogP contribution in [0.5, 0.6) is 0 Å². The second-order valence-corrected chi connectivity index (χ2v) is 6.54. The fourth-order valence-corrected chi connectivity index (χ4v) is 3.66. The van der Waals surface area contributed by atoms with Crippen LogP contribution in [0.25, 0.3) is 10.9 Å². The van der Waals surface area contributed by atoms with E-state index in [-0.39, 0.29) is 0 Å². The number of hydrogen-bond acceptors (Lipinski definition) is 4. The topological polar surface area (TPSA) is 80.0 Å². The Balaban J connectivity index is 1.93. The Hall–Kier alpha value is -1.21. The molecule has 1 aliphatic rings. The molecule has 114 valence electrons. The number of aromatic nitrogens is 1. The zero-order valence-electron chi connectivity index (χ0n) is 12.0. The largest absolute Gasteiger partial charge is 0.771 e. The van der Waals surface area contributed by atoms with Gasteiger partial charge in [0.15, 0.2) is 0 Å². The summed E-state index contributed by atoms with van der Waals surface area (Å²) in [4.78, 5) is 3.27. The molecule has 21 heavy (non-hydrogen) atoms. The second-order valence-electron chi connectivity index (χ2n) is 5.55. The van der Waals surface area contributed by atoms with Crippen molar-refractivity contribution in [2.75, 3.05) is 13.6 Å². The van der Waals surface area contributed by atoms with Gasteiger partial charge in [-0.15, -0.1) is 0 Å². The Morgan fingerprint density at radius 2 is 2.38 bits per heavy atom. The summed E-state index contributed by atoms with van der Waals surface area (Å²) in [5.74, 6) is 0. The van der Waals surface area contributed by atoms with Gasteiger partial charge in [0.1, 0.15) is 0 Å². The molecule has 0 spiro atoms. The van der Waals surface area contributed by atoms with Gasteiger partial charge in [-0.1, -0.05) is 6.07 Å². The Labute approximate surface area is 126 Å². The van der Waals surface area contributed by atoms with Crippen LogP contribution in [0.15, 0.2) is 24.4 Å². The zero-order valence-corrected chi connectivity index (χ0v) is 12.8. The first-order valence-corrected chi connectivity index (χ1v) is 8.41. The first-order chi connectivity index (χ1) is 10.2. The lowest BCUT2D eigenvalue weighted by Gasteiger charge is -2.19. The van der Waals surface area contributed by atoms with Crippen molar-refractivity contribution >= 4 is 22.0 Å². The minimum atomic E-state index is -2.18. The first-order valence-electron chi connectivity index (χ1n) is 7.27. The summed E-state index contributed by atoms with van der Waals surface area (Å²) in [6.45, 7) is 1.09. The van der Waals surface area contributed by atoms with Gasteiger partial charge in [-0.2, -0.15) is 0 Å². The average molecular weight is 306 g/mol. The third-order valence-electron chi connectivity index (χ3n) is 4.18. The summed E-state index contributed by atoms with van der Waals surface area (Å²) in [7, 11) is 1.66. The Bertz CT molecular complexity index is 649. The number of benzene rings is 1. The maximum atomic E-state index is 11.3. The summed E-state index contributed by atoms with van der Waals surface area (Å²) < 4.78 is 22.6. The highest BCUT2D eigenvalue weighted by Crippen LogP contribution is 2.26. The molecule has 5 nitrogen and oxygen atoms in total. The molecule has 0 bridgehead atoms. The molecule has 0 saturated carbocycles. The van der Waals surface area contributed by atoms with Crippen molar-refractivity contribution in [1.82, 2.24) is 15.6 Å². The number of aromatic amines is 1. The Morgan fingerprint density at radius 1 is 1.52 bits per heavy atom. The highest BCUT2D eigenvalue weighted by molar-refractivity contribution is 7.79. The lowest BCUT2D eigenvalue weighted by molar-refractivity contribution is 0.514. The second kappa shape index (κ2) is 6.27. The van der Waals surface area contributed by atoms with Crippen molar-refractivity contribution in [3.8, 4) is 0 Å². The van der Waals surface area contributed by atoms with Gasteiger partial charge in [0.05, 0.1) is 5.37 Å². The molecule has 0 aliphatic carbocycles. The SMILES string of the molecule is CN[C@@H](c1ccc2[nH]cc(C[C@H]3CCCN3)c2c1)S(=O)[O-]. The van der Waals surface area contributed by atoms with E-state index in [0.717, 1.165) is 29.4 Å². The van der Waals surface area contributed by atoms with E-state index in [1.54, 1.807) is 7.05 Å². The zero-order chi connectivity index (χ0) is 14.8. The summed E-state index contributed by atoms with van der Waals surface area (Å²) in [5.41, 5.74) is 3.08. The van der Waals surface area contributed by atoms with E-state index in [0.29, 0.717) is 6.04 Å². The summed E-state index contributed by atoms with van der Waals surface area (Å²) >= 11 is -2.18. The average Bonchev–Trinajstić information content (AvgIpc) is 3.10. The molecule has 1 unspecified atom stereocenters. The molecule has 1 aromatic carbocycles. The van der Waals surface area contributed by atoms with Crippen LogP contribution in [0, 0.1) is 0 Å². The van der Waals surface area contributed by atoms with Gasteiger partial charge in [0, 0.05) is 23.1 Å². The molecule has 1 saturated heterocycles. The monoisotopic (exact) mass is 306 g/mol. The van der Waals surface area contributed by atoms with Gasteiger partial charge < -0.3 is 20.2 Å². The van der Waals surface area contributed by atoms with Gasteiger partial charge >= 0.3 is 0 Å². The van der Waals surface area contributed by atoms with Crippen LogP contribution in [0.4, 0.5) is 0 Å². The van der Waals surface area contributed by atoms with Crippen LogP contribution in [0.1, 0.15) is 29.3 Å². The number of hydrogen-bond donors (Lipinski definition) is 3. The van der Waals surface area contributed by atoms with Crippen molar-refractivity contribution in [2.24, 2.45) is 0 Å². The number of fused-ring (bicyclic) bond motifs is 1. The fraction of sp³-hybridized carbons (Fsp3) is 0.467. The van der Waals surface area contributed by atoms with Crippen LogP contribution in [0.3, 0.4) is 0 Å². The minimum Gasteiger partial charge on any atom is -0.771 e. The molecule has 3 rings (SSSR count). The normalized spacial score (nSPS) is 21.7. The molecule has 2 heterocycles. The lowest BCUT2D eigenvalue weighted by Crippen LogP contribution is -2.23. The third-order valence-corrected chi connectivity index (χ3v) is 5.07. The van der Waals surface area contributed by atoms with Crippen LogP contribution >= 0.6 is 0 Å². The number of H-pyrrole nitrogens is 1. The quantitative estimate of drug-likeness (QED) is 0.732. The molecule has 0 amide bonds. The van der Waals surface area contributed by atoms with Crippen LogP contribution < -0.4 is 10.6 Å². The molecular weight excluding hydrogens is 286 g/mol. The van der Waals surface area contributed by atoms with E-state index < -0.39 is 16.5 Å². The van der Waals surface area contributed by atoms with Crippen molar-refractivity contribution in [3.05, 3.63) is 35.5 Å². The Kier molecular flexibility index (Phi) is 4.40. The lowest BCUT2D eigenvalue weighted by atomic mass is 10.0. The highest BCUT2D eigenvalue weighted by atomic mass is 32.2. The van der Waals surface area contributed by atoms with Gasteiger partial charge in [0.25, 0.3) is 0 Å². The van der Waals surface area contributed by atoms with Crippen molar-refractivity contribution in [1.29, 1.82) is 0 Å². The van der Waals surface area contributed by atoms with Crippen LogP contribution in [0.2, 0.25) is 0 Å². The van der Waals surface area contributed by atoms with E-state index in [1.165, 1.54) is 18.4 Å². The van der Waals surface area contributed by atoms with Crippen molar-refractivity contribution < 1.29 is 8.76 Å². The van der Waals surface area contributed by atoms with Gasteiger partial charge in [-0.3, -0.25) is 4.21 Å². The van der Waals surface area contributed by atoms with Crippen LogP contribution in [-0.4, -0.2) is 33.4 Å². The maximum Gasteiger partial charge on any atom is 0.0955 e. The first kappa shape index (κ1) is 14.7. The standard InChI is InChI=1S/C15H21N3O2S/c1-16-15(21(19)20)10-4-5-14-13(8-10)11(9-18-14)7-12-3-2-6-17-12/h4-5,8-9,12,15-18H,2-3,6-7H2,1H3,(H,19,20)/p-1/t12-,15-/m1/s1. The van der Waals surface area contributed by atoms with Crippen molar-refractivity contribution in [3.63, 3.8) is 0 Å². The summed E-state index contributed by atoms with van der Waals surface area (Å²) in [5, 5.41) is 6.79. The Morgan fingerprint density at radius 3 is 3.05 bits per heavy atom. The highest BCUT2D eigenvalue weighted by Gasteiger charge is 2.17. The van der Waals surface area contributed by atoms with Gasteiger partial charge in [-0.05, 0) is 67.2 Å². The number of nitrogens with one attached hydrogen (secondary N) is 3. The van der Waals surface area contributed by atoms with E-state index in [2.05, 4.69) is 15.6 Å². The molecule has 0 radical (unpaired) electrons. The third kappa shape index (κ3) is 3.03. The molecule has 2 aromatic rings. The van der Waals surface area contributed by atoms with E-state index >= 15 is 0 Å². The molecule has 3 atom stereocenters. The molecule has 6 heteroatoms. The predicted molar refractivity (Wildman–Crippen MR) is 83.7 cm³/mol. The predicted octanol–water partition coefficient (Wildman–Crippen LogP) is 1.56. The van der Waals surface area contributed by atoms with E-state index in [9.17, 15) is 8.76 Å².